The molecule has 0 saturated heterocycles. The van der Waals surface area contributed by atoms with Gasteiger partial charge < -0.3 is 4.98 Å². The smallest absolute Gasteiger partial charge is 0.257 e. The van der Waals surface area contributed by atoms with Crippen LogP contribution in [0.3, 0.4) is 0 Å². The standard InChI is InChI=1S/C22H20FN3O/c1-14-12-15(2)24-22(27)21(14)19-13-20(16-8-10-17(23)11-9-16)26(25-19)18-6-4-3-5-7-18/h3-12,20H,13H2,1-2H3,(H,24,27)/t20-/m0/s1. The fourth-order valence-corrected chi connectivity index (χ4v) is 3.64. The van der Waals surface area contributed by atoms with E-state index >= 15 is 0 Å². The van der Waals surface area contributed by atoms with E-state index in [0.717, 1.165) is 28.2 Å². The first-order chi connectivity index (χ1) is 13.0. The maximum absolute atomic E-state index is 13.4. The van der Waals surface area contributed by atoms with Crippen LogP contribution in [0.1, 0.15) is 34.8 Å². The number of aromatic nitrogens is 1. The third-order valence-electron chi connectivity index (χ3n) is 4.84. The zero-order valence-electron chi connectivity index (χ0n) is 15.2. The van der Waals surface area contributed by atoms with Crippen molar-refractivity contribution in [3.63, 3.8) is 0 Å². The summed E-state index contributed by atoms with van der Waals surface area (Å²) in [5.74, 6) is -0.269. The Kier molecular flexibility index (Phi) is 4.36. The maximum Gasteiger partial charge on any atom is 0.257 e. The van der Waals surface area contributed by atoms with Gasteiger partial charge in [0.2, 0.25) is 0 Å². The molecule has 1 aliphatic rings. The first kappa shape index (κ1) is 17.2. The highest BCUT2D eigenvalue weighted by Gasteiger charge is 2.31. The molecule has 3 aromatic rings. The van der Waals surface area contributed by atoms with E-state index in [1.54, 1.807) is 12.1 Å². The fourth-order valence-electron chi connectivity index (χ4n) is 3.64. The van der Waals surface area contributed by atoms with E-state index in [1.165, 1.54) is 12.1 Å². The number of pyridine rings is 1. The number of para-hydroxylation sites is 1. The highest BCUT2D eigenvalue weighted by Crippen LogP contribution is 2.36. The van der Waals surface area contributed by atoms with Crippen LogP contribution in [0.2, 0.25) is 0 Å². The number of H-pyrrole nitrogens is 1. The lowest BCUT2D eigenvalue weighted by atomic mass is 9.96. The highest BCUT2D eigenvalue weighted by atomic mass is 19.1. The number of aromatic amines is 1. The summed E-state index contributed by atoms with van der Waals surface area (Å²) in [6, 6.07) is 18.2. The average Bonchev–Trinajstić information content (AvgIpc) is 3.07. The number of aryl methyl sites for hydroxylation is 2. The summed E-state index contributed by atoms with van der Waals surface area (Å²) in [5, 5.41) is 6.71. The SMILES string of the molecule is Cc1cc(C)c(C2=NN(c3ccccc3)[C@H](c3ccc(F)cc3)C2)c(=O)[nH]1. The van der Waals surface area contributed by atoms with E-state index in [-0.39, 0.29) is 17.4 Å². The first-order valence-corrected chi connectivity index (χ1v) is 8.91. The summed E-state index contributed by atoms with van der Waals surface area (Å²) in [4.78, 5) is 15.4. The predicted molar refractivity (Wildman–Crippen MR) is 106 cm³/mol. The largest absolute Gasteiger partial charge is 0.326 e. The van der Waals surface area contributed by atoms with Crippen molar-refractivity contribution in [1.82, 2.24) is 4.98 Å². The van der Waals surface area contributed by atoms with E-state index in [1.807, 2.05) is 55.3 Å². The van der Waals surface area contributed by atoms with Gasteiger partial charge in [0.05, 0.1) is 23.0 Å². The van der Waals surface area contributed by atoms with Gasteiger partial charge in [-0.25, -0.2) is 4.39 Å². The van der Waals surface area contributed by atoms with Crippen LogP contribution in [-0.4, -0.2) is 10.7 Å². The molecule has 1 atom stereocenters. The normalized spacial score (nSPS) is 16.5. The van der Waals surface area contributed by atoms with E-state index in [9.17, 15) is 9.18 Å². The number of rotatable bonds is 3. The second kappa shape index (κ2) is 6.83. The summed E-state index contributed by atoms with van der Waals surface area (Å²) >= 11 is 0. The number of anilines is 1. The summed E-state index contributed by atoms with van der Waals surface area (Å²) in [6.45, 7) is 3.80. The minimum atomic E-state index is -0.269. The molecule has 0 aliphatic carbocycles. The van der Waals surface area contributed by atoms with E-state index in [2.05, 4.69) is 4.98 Å². The van der Waals surface area contributed by atoms with Crippen molar-refractivity contribution >= 4 is 11.4 Å². The molecule has 0 radical (unpaired) electrons. The number of benzene rings is 2. The molecular formula is C22H20FN3O. The Balaban J connectivity index is 1.81. The van der Waals surface area contributed by atoms with Crippen LogP contribution in [0.5, 0.6) is 0 Å². The molecule has 0 bridgehead atoms. The number of nitrogens with zero attached hydrogens (tertiary/aromatic N) is 2. The minimum absolute atomic E-state index is 0.0943. The van der Waals surface area contributed by atoms with E-state index in [4.69, 9.17) is 5.10 Å². The van der Waals surface area contributed by atoms with Crippen LogP contribution in [0, 0.1) is 19.7 Å². The monoisotopic (exact) mass is 361 g/mol. The molecule has 0 unspecified atom stereocenters. The zero-order chi connectivity index (χ0) is 19.0. The van der Waals surface area contributed by atoms with Gasteiger partial charge in [-0.05, 0) is 55.3 Å². The van der Waals surface area contributed by atoms with Crippen LogP contribution in [0.4, 0.5) is 10.1 Å². The van der Waals surface area contributed by atoms with Crippen molar-refractivity contribution in [3.05, 3.63) is 99.2 Å². The number of hydrazone groups is 1. The Bertz CT molecular complexity index is 1060. The first-order valence-electron chi connectivity index (χ1n) is 8.91. The van der Waals surface area contributed by atoms with Crippen molar-refractivity contribution < 1.29 is 4.39 Å². The lowest BCUT2D eigenvalue weighted by molar-refractivity contribution is 0.624. The van der Waals surface area contributed by atoms with Crippen molar-refractivity contribution in [2.75, 3.05) is 5.01 Å². The molecule has 4 nitrogen and oxygen atoms in total. The van der Waals surface area contributed by atoms with Gasteiger partial charge in [-0.1, -0.05) is 30.3 Å². The number of hydrogen-bond donors (Lipinski definition) is 1. The molecule has 0 saturated carbocycles. The highest BCUT2D eigenvalue weighted by molar-refractivity contribution is 6.04. The summed E-state index contributed by atoms with van der Waals surface area (Å²) < 4.78 is 13.4. The lowest BCUT2D eigenvalue weighted by Crippen LogP contribution is -2.20. The van der Waals surface area contributed by atoms with Gasteiger partial charge in [-0.15, -0.1) is 0 Å². The van der Waals surface area contributed by atoms with Gasteiger partial charge in [0.25, 0.3) is 5.56 Å². The van der Waals surface area contributed by atoms with Crippen LogP contribution in [0.15, 0.2) is 70.6 Å². The molecule has 4 rings (SSSR count). The molecule has 0 spiro atoms. The summed E-state index contributed by atoms with van der Waals surface area (Å²) in [5.41, 5.74) is 4.86. The maximum atomic E-state index is 13.4. The molecule has 5 heteroatoms. The Morgan fingerprint density at radius 3 is 2.44 bits per heavy atom. The van der Waals surface area contributed by atoms with Crippen LogP contribution in [0.25, 0.3) is 0 Å². The molecule has 1 aliphatic heterocycles. The van der Waals surface area contributed by atoms with Gasteiger partial charge in [0, 0.05) is 12.1 Å². The van der Waals surface area contributed by atoms with Gasteiger partial charge in [-0.2, -0.15) is 5.10 Å². The third-order valence-corrected chi connectivity index (χ3v) is 4.84. The molecule has 136 valence electrons. The summed E-state index contributed by atoms with van der Waals surface area (Å²) in [7, 11) is 0. The quantitative estimate of drug-likeness (QED) is 0.747. The van der Waals surface area contributed by atoms with Gasteiger partial charge in [-0.3, -0.25) is 9.80 Å². The fraction of sp³-hybridized carbons (Fsp3) is 0.182. The van der Waals surface area contributed by atoms with Gasteiger partial charge >= 0.3 is 0 Å². The Morgan fingerprint density at radius 1 is 1.07 bits per heavy atom. The molecule has 27 heavy (non-hydrogen) atoms. The minimum Gasteiger partial charge on any atom is -0.326 e. The molecule has 0 amide bonds. The number of nitrogens with one attached hydrogen (secondary N) is 1. The number of halogens is 1. The molecule has 1 aromatic heterocycles. The topological polar surface area (TPSA) is 48.5 Å². The van der Waals surface area contributed by atoms with Crippen LogP contribution >= 0.6 is 0 Å². The number of hydrogen-bond acceptors (Lipinski definition) is 3. The van der Waals surface area contributed by atoms with Crippen molar-refractivity contribution in [2.24, 2.45) is 5.10 Å². The predicted octanol–water partition coefficient (Wildman–Crippen LogP) is 4.49. The van der Waals surface area contributed by atoms with Crippen LogP contribution in [-0.2, 0) is 0 Å². The second-order valence-electron chi connectivity index (χ2n) is 6.84. The summed E-state index contributed by atoms with van der Waals surface area (Å²) in [6.07, 6.45) is 0.577. The molecular weight excluding hydrogens is 341 g/mol. The zero-order valence-corrected chi connectivity index (χ0v) is 15.2. The Labute approximate surface area is 157 Å². The van der Waals surface area contributed by atoms with E-state index in [0.29, 0.717) is 12.0 Å². The Morgan fingerprint density at radius 2 is 1.78 bits per heavy atom. The molecule has 0 fully saturated rings. The van der Waals surface area contributed by atoms with Crippen molar-refractivity contribution in [1.29, 1.82) is 0 Å². The second-order valence-corrected chi connectivity index (χ2v) is 6.84. The van der Waals surface area contributed by atoms with Crippen LogP contribution < -0.4 is 10.6 Å². The van der Waals surface area contributed by atoms with Gasteiger partial charge in [0.1, 0.15) is 5.82 Å². The van der Waals surface area contributed by atoms with E-state index < -0.39 is 0 Å². The van der Waals surface area contributed by atoms with Crippen molar-refractivity contribution in [3.8, 4) is 0 Å². The average molecular weight is 361 g/mol. The molecule has 1 N–H and O–H groups in total. The third kappa shape index (κ3) is 3.28. The lowest BCUT2D eigenvalue weighted by Gasteiger charge is -2.23. The molecule has 2 aromatic carbocycles. The Hall–Kier alpha value is -3.21. The van der Waals surface area contributed by atoms with Gasteiger partial charge in [0.15, 0.2) is 0 Å². The van der Waals surface area contributed by atoms with Crippen molar-refractivity contribution in [2.45, 2.75) is 26.3 Å². The molecule has 2 heterocycles.